The molecule has 7 heteroatoms. The Balaban J connectivity index is 2.08. The minimum atomic E-state index is -4.18. The minimum Gasteiger partial charge on any atom is -0.373 e. The van der Waals surface area contributed by atoms with E-state index in [1.54, 1.807) is 13.1 Å². The molecule has 1 aliphatic rings. The first-order valence-corrected chi connectivity index (χ1v) is 6.27. The van der Waals surface area contributed by atoms with Crippen molar-refractivity contribution in [1.29, 1.82) is 0 Å². The second-order valence-electron chi connectivity index (χ2n) is 4.89. The first kappa shape index (κ1) is 13.9. The fourth-order valence-corrected chi connectivity index (χ4v) is 1.84. The molecule has 1 atom stereocenters. The van der Waals surface area contributed by atoms with Gasteiger partial charge in [0.25, 0.3) is 0 Å². The van der Waals surface area contributed by atoms with Gasteiger partial charge in [0, 0.05) is 25.1 Å². The highest BCUT2D eigenvalue weighted by atomic mass is 19.4. The van der Waals surface area contributed by atoms with Gasteiger partial charge >= 0.3 is 6.18 Å². The van der Waals surface area contributed by atoms with E-state index in [0.29, 0.717) is 23.4 Å². The van der Waals surface area contributed by atoms with Crippen molar-refractivity contribution in [3.63, 3.8) is 0 Å². The molecule has 0 saturated heterocycles. The van der Waals surface area contributed by atoms with Gasteiger partial charge in [-0.1, -0.05) is 0 Å². The van der Waals surface area contributed by atoms with E-state index >= 15 is 0 Å². The number of aromatic nitrogens is 2. The Bertz CT molecular complexity index is 443. The molecule has 1 saturated carbocycles. The molecule has 1 aromatic heterocycles. The van der Waals surface area contributed by atoms with Crippen molar-refractivity contribution < 1.29 is 13.2 Å². The fraction of sp³-hybridized carbons (Fsp3) is 0.667. The molecule has 4 nitrogen and oxygen atoms in total. The predicted molar refractivity (Wildman–Crippen MR) is 67.3 cm³/mol. The number of nitrogens with zero attached hydrogens (tertiary/aromatic N) is 2. The Morgan fingerprint density at radius 1 is 1.32 bits per heavy atom. The summed E-state index contributed by atoms with van der Waals surface area (Å²) in [6.07, 6.45) is -2.97. The first-order chi connectivity index (χ1) is 8.87. The lowest BCUT2D eigenvalue weighted by molar-refractivity contribution is -0.136. The van der Waals surface area contributed by atoms with Gasteiger partial charge in [-0.15, -0.1) is 0 Å². The van der Waals surface area contributed by atoms with E-state index in [1.807, 2.05) is 0 Å². The van der Waals surface area contributed by atoms with E-state index in [9.17, 15) is 13.2 Å². The lowest BCUT2D eigenvalue weighted by Gasteiger charge is -2.17. The molecule has 106 valence electrons. The highest BCUT2D eigenvalue weighted by molar-refractivity contribution is 5.48. The second-order valence-corrected chi connectivity index (χ2v) is 4.89. The second kappa shape index (κ2) is 5.22. The first-order valence-electron chi connectivity index (χ1n) is 6.27. The number of rotatable bonds is 5. The Morgan fingerprint density at radius 2 is 1.95 bits per heavy atom. The fourth-order valence-electron chi connectivity index (χ4n) is 1.84. The highest BCUT2D eigenvalue weighted by Crippen LogP contribution is 2.38. The number of alkyl halides is 3. The van der Waals surface area contributed by atoms with Crippen molar-refractivity contribution in [3.05, 3.63) is 11.9 Å². The smallest absolute Gasteiger partial charge is 0.373 e. The van der Waals surface area contributed by atoms with E-state index < -0.39 is 18.6 Å². The van der Waals surface area contributed by atoms with Crippen LogP contribution in [-0.4, -0.2) is 29.2 Å². The van der Waals surface area contributed by atoms with Crippen LogP contribution in [0, 0.1) is 0 Å². The van der Waals surface area contributed by atoms with E-state index in [-0.39, 0.29) is 0 Å². The van der Waals surface area contributed by atoms with Gasteiger partial charge in [0.1, 0.15) is 17.5 Å². The molecule has 2 rings (SSSR count). The summed E-state index contributed by atoms with van der Waals surface area (Å²) in [5, 5.41) is 5.68. The Kier molecular flexibility index (Phi) is 3.82. The average Bonchev–Trinajstić information content (AvgIpc) is 3.09. The maximum absolute atomic E-state index is 12.3. The van der Waals surface area contributed by atoms with Gasteiger partial charge in [-0.05, 0) is 19.8 Å². The van der Waals surface area contributed by atoms with Gasteiger partial charge in [-0.3, -0.25) is 0 Å². The molecule has 0 bridgehead atoms. The van der Waals surface area contributed by atoms with Crippen molar-refractivity contribution >= 4 is 11.6 Å². The van der Waals surface area contributed by atoms with E-state index in [1.165, 1.54) is 6.92 Å². The molecule has 0 spiro atoms. The van der Waals surface area contributed by atoms with Crippen molar-refractivity contribution in [3.8, 4) is 0 Å². The Morgan fingerprint density at radius 3 is 2.47 bits per heavy atom. The molecule has 0 aliphatic heterocycles. The van der Waals surface area contributed by atoms with E-state index in [4.69, 9.17) is 0 Å². The van der Waals surface area contributed by atoms with E-state index in [0.717, 1.165) is 12.8 Å². The number of hydrogen-bond acceptors (Lipinski definition) is 4. The third-order valence-corrected chi connectivity index (χ3v) is 2.87. The van der Waals surface area contributed by atoms with E-state index in [2.05, 4.69) is 20.6 Å². The van der Waals surface area contributed by atoms with Crippen LogP contribution in [0.15, 0.2) is 6.07 Å². The normalized spacial score (nSPS) is 17.1. The number of halogens is 3. The zero-order chi connectivity index (χ0) is 14.0. The monoisotopic (exact) mass is 274 g/mol. The molecular weight excluding hydrogens is 257 g/mol. The van der Waals surface area contributed by atoms with Crippen molar-refractivity contribution in [1.82, 2.24) is 9.97 Å². The lowest BCUT2D eigenvalue weighted by atomic mass is 10.2. The zero-order valence-electron chi connectivity index (χ0n) is 10.9. The summed E-state index contributed by atoms with van der Waals surface area (Å²) < 4.78 is 36.9. The summed E-state index contributed by atoms with van der Waals surface area (Å²) in [6.45, 7) is 1.49. The van der Waals surface area contributed by atoms with Crippen LogP contribution in [0.4, 0.5) is 24.8 Å². The lowest BCUT2D eigenvalue weighted by Crippen LogP contribution is -2.24. The highest BCUT2D eigenvalue weighted by Gasteiger charge is 2.31. The quantitative estimate of drug-likeness (QED) is 0.866. The summed E-state index contributed by atoms with van der Waals surface area (Å²) in [6, 6.07) is 0.908. The van der Waals surface area contributed by atoms with Gasteiger partial charge < -0.3 is 10.6 Å². The SMILES string of the molecule is CNc1cc(NC(C)CC(F)(F)F)nc(C2CC2)n1. The molecular formula is C12H17F3N4. The van der Waals surface area contributed by atoms with Crippen molar-refractivity contribution in [2.24, 2.45) is 0 Å². The average molecular weight is 274 g/mol. The number of anilines is 2. The third-order valence-electron chi connectivity index (χ3n) is 2.87. The standard InChI is InChI=1S/C12H17F3N4/c1-7(6-12(13,14)15)17-10-5-9(16-2)18-11(19-10)8-3-4-8/h5,7-8H,3-4,6H2,1-2H3,(H2,16,17,18,19). The summed E-state index contributed by atoms with van der Waals surface area (Å²) in [5.74, 6) is 2.12. The van der Waals surface area contributed by atoms with Gasteiger partial charge in [-0.25, -0.2) is 9.97 Å². The summed E-state index contributed by atoms with van der Waals surface area (Å²) in [4.78, 5) is 8.60. The molecule has 0 radical (unpaired) electrons. The van der Waals surface area contributed by atoms with Crippen LogP contribution in [0.2, 0.25) is 0 Å². The van der Waals surface area contributed by atoms with Crippen LogP contribution in [0.3, 0.4) is 0 Å². The molecule has 1 fully saturated rings. The van der Waals surface area contributed by atoms with Gasteiger partial charge in [-0.2, -0.15) is 13.2 Å². The molecule has 1 heterocycles. The third kappa shape index (κ3) is 4.25. The molecule has 1 aromatic rings. The predicted octanol–water partition coefficient (Wildman–Crippen LogP) is 3.15. The summed E-state index contributed by atoms with van der Waals surface area (Å²) >= 11 is 0. The van der Waals surface area contributed by atoms with Crippen LogP contribution in [0.25, 0.3) is 0 Å². The Hall–Kier alpha value is -1.53. The van der Waals surface area contributed by atoms with Gasteiger partial charge in [0.15, 0.2) is 0 Å². The molecule has 2 N–H and O–H groups in total. The van der Waals surface area contributed by atoms with Crippen LogP contribution in [-0.2, 0) is 0 Å². The summed E-state index contributed by atoms with van der Waals surface area (Å²) in [5.41, 5.74) is 0. The molecule has 1 aliphatic carbocycles. The van der Waals surface area contributed by atoms with Crippen molar-refractivity contribution in [2.75, 3.05) is 17.7 Å². The zero-order valence-corrected chi connectivity index (χ0v) is 10.9. The maximum atomic E-state index is 12.3. The maximum Gasteiger partial charge on any atom is 0.391 e. The van der Waals surface area contributed by atoms with Crippen LogP contribution >= 0.6 is 0 Å². The molecule has 0 aromatic carbocycles. The van der Waals surface area contributed by atoms with Crippen molar-refractivity contribution in [2.45, 2.75) is 44.3 Å². The van der Waals surface area contributed by atoms with Gasteiger partial charge in [0.2, 0.25) is 0 Å². The number of nitrogens with one attached hydrogen (secondary N) is 2. The molecule has 1 unspecified atom stereocenters. The van der Waals surface area contributed by atoms with Crippen LogP contribution < -0.4 is 10.6 Å². The number of hydrogen-bond donors (Lipinski definition) is 2. The summed E-state index contributed by atoms with van der Waals surface area (Å²) in [7, 11) is 1.72. The van der Waals surface area contributed by atoms with Crippen LogP contribution in [0.1, 0.15) is 37.9 Å². The van der Waals surface area contributed by atoms with Crippen LogP contribution in [0.5, 0.6) is 0 Å². The topological polar surface area (TPSA) is 49.8 Å². The molecule has 0 amide bonds. The largest absolute Gasteiger partial charge is 0.391 e. The molecule has 19 heavy (non-hydrogen) atoms. The van der Waals surface area contributed by atoms with Gasteiger partial charge in [0.05, 0.1) is 6.42 Å². The Labute approximate surface area is 109 Å². The minimum absolute atomic E-state index is 0.353.